The largest absolute Gasteiger partial charge is 0.453 e. The van der Waals surface area contributed by atoms with Gasteiger partial charge in [0, 0.05) is 25.6 Å². The molecule has 2 saturated heterocycles. The van der Waals surface area contributed by atoms with Crippen molar-refractivity contribution in [2.45, 2.75) is 62.7 Å². The molecular formula is C23H29N7O6. The van der Waals surface area contributed by atoms with Crippen molar-refractivity contribution in [1.82, 2.24) is 29.7 Å². The second-order valence-electron chi connectivity index (χ2n) is 9.37. The molecule has 3 aliphatic rings. The molecule has 36 heavy (non-hydrogen) atoms. The Kier molecular flexibility index (Phi) is 6.65. The molecule has 5 rings (SSSR count). The van der Waals surface area contributed by atoms with E-state index in [1.54, 1.807) is 4.90 Å². The number of imidazole rings is 1. The van der Waals surface area contributed by atoms with Crippen molar-refractivity contribution in [2.75, 3.05) is 25.9 Å². The minimum Gasteiger partial charge on any atom is -0.453 e. The van der Waals surface area contributed by atoms with Crippen molar-refractivity contribution < 1.29 is 29.3 Å². The highest BCUT2D eigenvalue weighted by atomic mass is 16.6. The topological polar surface area (TPSA) is 178 Å². The first-order chi connectivity index (χ1) is 17.4. The van der Waals surface area contributed by atoms with Gasteiger partial charge in [-0.05, 0) is 37.5 Å². The van der Waals surface area contributed by atoms with Crippen molar-refractivity contribution in [1.29, 1.82) is 0 Å². The number of nitrogen functional groups attached to an aromatic ring is 1. The Hall–Kier alpha value is -3.47. The van der Waals surface area contributed by atoms with Crippen molar-refractivity contribution in [3.8, 4) is 11.8 Å². The maximum absolute atomic E-state index is 12.4. The van der Waals surface area contributed by atoms with E-state index in [-0.39, 0.29) is 29.4 Å². The number of rotatable bonds is 4. The fourth-order valence-corrected chi connectivity index (χ4v) is 4.52. The van der Waals surface area contributed by atoms with Gasteiger partial charge in [0.15, 0.2) is 23.8 Å². The van der Waals surface area contributed by atoms with Crippen LogP contribution in [0.2, 0.25) is 0 Å². The molecule has 2 aromatic heterocycles. The van der Waals surface area contributed by atoms with Gasteiger partial charge in [0.1, 0.15) is 17.7 Å². The molecule has 13 heteroatoms. The average Bonchev–Trinajstić information content (AvgIpc) is 3.51. The second kappa shape index (κ2) is 9.88. The van der Waals surface area contributed by atoms with E-state index in [2.05, 4.69) is 32.1 Å². The number of piperidine rings is 1. The Morgan fingerprint density at radius 2 is 1.97 bits per heavy atom. The molecule has 0 spiro atoms. The van der Waals surface area contributed by atoms with Crippen LogP contribution in [0.5, 0.6) is 0 Å². The van der Waals surface area contributed by atoms with Crippen LogP contribution in [0, 0.1) is 17.8 Å². The Labute approximate surface area is 207 Å². The summed E-state index contributed by atoms with van der Waals surface area (Å²) in [5.74, 6) is 6.21. The molecule has 2 aliphatic heterocycles. The summed E-state index contributed by atoms with van der Waals surface area (Å²) in [4.78, 5) is 38.6. The van der Waals surface area contributed by atoms with E-state index >= 15 is 0 Å². The van der Waals surface area contributed by atoms with Crippen LogP contribution in [0.1, 0.15) is 44.2 Å². The number of fused-ring (bicyclic) bond motifs is 1. The number of carbonyl (C=O) groups is 2. The molecular weight excluding hydrogens is 470 g/mol. The minimum absolute atomic E-state index is 0.0904. The monoisotopic (exact) mass is 499 g/mol. The van der Waals surface area contributed by atoms with E-state index in [4.69, 9.17) is 15.2 Å². The SMILES string of the molecule is COC(=O)N1CCC(CC#Cc2nc(N)c3ncn([C@@H]4O[C@H](C(=O)NC5CC5)[C@@H](O)[C@H]4O)c3n2)CC1. The zero-order valence-corrected chi connectivity index (χ0v) is 19.8. The second-order valence-corrected chi connectivity index (χ2v) is 9.37. The van der Waals surface area contributed by atoms with Crippen LogP contribution in [-0.2, 0) is 14.3 Å². The number of methoxy groups -OCH3 is 1. The van der Waals surface area contributed by atoms with Crippen molar-refractivity contribution in [3.05, 3.63) is 12.2 Å². The first-order valence-corrected chi connectivity index (χ1v) is 12.0. The maximum Gasteiger partial charge on any atom is 0.409 e. The first kappa shape index (κ1) is 24.2. The fourth-order valence-electron chi connectivity index (χ4n) is 4.52. The number of nitrogens with zero attached hydrogens (tertiary/aromatic N) is 5. The van der Waals surface area contributed by atoms with E-state index in [1.807, 2.05) is 0 Å². The van der Waals surface area contributed by atoms with Gasteiger partial charge >= 0.3 is 6.09 Å². The molecule has 2 aromatic rings. The lowest BCUT2D eigenvalue weighted by molar-refractivity contribution is -0.137. The summed E-state index contributed by atoms with van der Waals surface area (Å²) in [6.45, 7) is 1.26. The highest BCUT2D eigenvalue weighted by Crippen LogP contribution is 2.33. The van der Waals surface area contributed by atoms with Gasteiger partial charge in [-0.15, -0.1) is 0 Å². The summed E-state index contributed by atoms with van der Waals surface area (Å²) in [6.07, 6.45) is 0.0242. The number of ether oxygens (including phenoxy) is 2. The third-order valence-electron chi connectivity index (χ3n) is 6.78. The van der Waals surface area contributed by atoms with Gasteiger partial charge in [0.2, 0.25) is 5.82 Å². The summed E-state index contributed by atoms with van der Waals surface area (Å²) in [5.41, 5.74) is 6.65. The average molecular weight is 500 g/mol. The van der Waals surface area contributed by atoms with Gasteiger partial charge in [-0.1, -0.05) is 5.92 Å². The summed E-state index contributed by atoms with van der Waals surface area (Å²) in [5, 5.41) is 23.8. The third-order valence-corrected chi connectivity index (χ3v) is 6.78. The number of likely N-dealkylation sites (tertiary alicyclic amines) is 1. The number of hydrogen-bond donors (Lipinski definition) is 4. The number of amides is 2. The van der Waals surface area contributed by atoms with E-state index in [0.717, 1.165) is 25.7 Å². The number of aromatic nitrogens is 4. The molecule has 0 radical (unpaired) electrons. The van der Waals surface area contributed by atoms with E-state index in [9.17, 15) is 19.8 Å². The minimum atomic E-state index is -1.41. The highest BCUT2D eigenvalue weighted by molar-refractivity contribution is 5.83. The predicted octanol–water partition coefficient (Wildman–Crippen LogP) is -0.474. The van der Waals surface area contributed by atoms with Crippen LogP contribution in [0.4, 0.5) is 10.6 Å². The molecule has 0 unspecified atom stereocenters. The van der Waals surface area contributed by atoms with Crippen LogP contribution in [0.15, 0.2) is 6.33 Å². The lowest BCUT2D eigenvalue weighted by atomic mass is 9.94. The summed E-state index contributed by atoms with van der Waals surface area (Å²) in [7, 11) is 1.38. The van der Waals surface area contributed by atoms with E-state index in [0.29, 0.717) is 30.9 Å². The Bertz CT molecular complexity index is 1210. The van der Waals surface area contributed by atoms with Gasteiger partial charge in [-0.25, -0.2) is 19.7 Å². The highest BCUT2D eigenvalue weighted by Gasteiger charge is 2.48. The van der Waals surface area contributed by atoms with Crippen LogP contribution < -0.4 is 11.1 Å². The van der Waals surface area contributed by atoms with E-state index < -0.39 is 30.4 Å². The van der Waals surface area contributed by atoms with Gasteiger partial charge < -0.3 is 35.6 Å². The fraction of sp³-hybridized carbons (Fsp3) is 0.609. The molecule has 4 heterocycles. The van der Waals surface area contributed by atoms with E-state index in [1.165, 1.54) is 18.0 Å². The molecule has 0 bridgehead atoms. The van der Waals surface area contributed by atoms with Gasteiger partial charge in [-0.2, -0.15) is 0 Å². The Morgan fingerprint density at radius 1 is 1.22 bits per heavy atom. The lowest BCUT2D eigenvalue weighted by Gasteiger charge is -2.29. The zero-order valence-electron chi connectivity index (χ0n) is 19.8. The predicted molar refractivity (Wildman–Crippen MR) is 125 cm³/mol. The van der Waals surface area contributed by atoms with Gasteiger partial charge in [0.05, 0.1) is 13.4 Å². The molecule has 2 amide bonds. The van der Waals surface area contributed by atoms with Crippen LogP contribution in [0.3, 0.4) is 0 Å². The lowest BCUT2D eigenvalue weighted by Crippen LogP contribution is -2.43. The number of nitrogens with two attached hydrogens (primary N) is 1. The van der Waals surface area contributed by atoms with Crippen LogP contribution in [-0.4, -0.2) is 91.2 Å². The number of nitrogens with one attached hydrogen (secondary N) is 1. The molecule has 13 nitrogen and oxygen atoms in total. The number of aliphatic hydroxyl groups excluding tert-OH is 2. The van der Waals surface area contributed by atoms with Gasteiger partial charge in [-0.3, -0.25) is 9.36 Å². The smallest absolute Gasteiger partial charge is 0.409 e. The molecule has 1 saturated carbocycles. The molecule has 4 atom stereocenters. The molecule has 3 fully saturated rings. The first-order valence-electron chi connectivity index (χ1n) is 12.0. The summed E-state index contributed by atoms with van der Waals surface area (Å²) >= 11 is 0. The number of anilines is 1. The third kappa shape index (κ3) is 4.79. The summed E-state index contributed by atoms with van der Waals surface area (Å²) in [6, 6.07) is 0.0904. The van der Waals surface area contributed by atoms with Crippen molar-refractivity contribution in [3.63, 3.8) is 0 Å². The Morgan fingerprint density at radius 3 is 2.67 bits per heavy atom. The van der Waals surface area contributed by atoms with Gasteiger partial charge in [0.25, 0.3) is 5.91 Å². The zero-order chi connectivity index (χ0) is 25.4. The van der Waals surface area contributed by atoms with Crippen molar-refractivity contribution >= 4 is 29.0 Å². The number of hydrogen-bond acceptors (Lipinski definition) is 10. The normalized spacial score (nSPS) is 26.5. The Balaban J connectivity index is 1.29. The maximum atomic E-state index is 12.4. The number of aliphatic hydroxyl groups is 2. The van der Waals surface area contributed by atoms with Crippen LogP contribution in [0.25, 0.3) is 11.2 Å². The molecule has 0 aromatic carbocycles. The molecule has 192 valence electrons. The van der Waals surface area contributed by atoms with Crippen molar-refractivity contribution in [2.24, 2.45) is 5.92 Å². The quantitative estimate of drug-likeness (QED) is 0.402. The molecule has 1 aliphatic carbocycles. The standard InChI is InChI=1S/C23H29N7O6/c1-35-23(34)29-9-7-12(8-10-29)3-2-4-14-27-19(24)15-20(28-14)30(11-25-15)22-17(32)16(31)18(36-22)21(33)26-13-5-6-13/h11-13,16-18,22,31-32H,3,5-10H2,1H3,(H,26,33)(H2,24,27,28)/t16-,17+,18-,22+/m0/s1. The van der Waals surface area contributed by atoms with Crippen LogP contribution >= 0.6 is 0 Å². The molecule has 5 N–H and O–H groups in total. The summed E-state index contributed by atoms with van der Waals surface area (Å²) < 4.78 is 11.9. The number of carbonyl (C=O) groups excluding carboxylic acids is 2.